The lowest BCUT2D eigenvalue weighted by atomic mass is 9.76. The van der Waals surface area contributed by atoms with Crippen LogP contribution in [0.2, 0.25) is 0 Å². The number of rotatable bonds is 1. The highest BCUT2D eigenvalue weighted by atomic mass is 19.4. The van der Waals surface area contributed by atoms with Crippen molar-refractivity contribution in [2.24, 2.45) is 11.3 Å². The van der Waals surface area contributed by atoms with Crippen LogP contribution in [-0.4, -0.2) is 18.8 Å². The minimum Gasteiger partial charge on any atom is -0.465 e. The lowest BCUT2D eigenvalue weighted by Crippen LogP contribution is -2.39. The Labute approximate surface area is 74.1 Å². The molecule has 0 bridgehead atoms. The van der Waals surface area contributed by atoms with Gasteiger partial charge in [0, 0.05) is 0 Å². The Balaban J connectivity index is 2.86. The maximum atomic E-state index is 12.3. The Kier molecular flexibility index (Phi) is 2.30. The van der Waals surface area contributed by atoms with Crippen LogP contribution in [0, 0.1) is 11.3 Å². The summed E-state index contributed by atoms with van der Waals surface area (Å²) >= 11 is 0. The Morgan fingerprint density at radius 1 is 1.54 bits per heavy atom. The average Bonchev–Trinajstić information content (AvgIpc) is 2.30. The van der Waals surface area contributed by atoms with E-state index in [4.69, 9.17) is 0 Å². The zero-order valence-corrected chi connectivity index (χ0v) is 7.44. The summed E-state index contributed by atoms with van der Waals surface area (Å²) in [5, 5.41) is 0. The maximum absolute atomic E-state index is 12.3. The molecule has 0 saturated carbocycles. The van der Waals surface area contributed by atoms with Crippen LogP contribution in [-0.2, 0) is 9.53 Å². The SMILES string of the molecule is CC(C(F)(F)F)C1(C)CCOC1=O. The number of esters is 1. The van der Waals surface area contributed by atoms with E-state index in [0.717, 1.165) is 6.92 Å². The van der Waals surface area contributed by atoms with E-state index in [2.05, 4.69) is 4.74 Å². The fourth-order valence-corrected chi connectivity index (χ4v) is 1.38. The minimum atomic E-state index is -4.34. The smallest absolute Gasteiger partial charge is 0.392 e. The normalized spacial score (nSPS) is 31.6. The summed E-state index contributed by atoms with van der Waals surface area (Å²) in [7, 11) is 0. The number of carbonyl (C=O) groups is 1. The molecule has 0 aromatic rings. The van der Waals surface area contributed by atoms with Gasteiger partial charge in [-0.2, -0.15) is 13.2 Å². The summed E-state index contributed by atoms with van der Waals surface area (Å²) in [6.07, 6.45) is -4.19. The predicted molar refractivity (Wildman–Crippen MR) is 38.9 cm³/mol. The van der Waals surface area contributed by atoms with Crippen LogP contribution in [0.1, 0.15) is 20.3 Å². The van der Waals surface area contributed by atoms with Gasteiger partial charge in [-0.15, -0.1) is 0 Å². The van der Waals surface area contributed by atoms with Crippen molar-refractivity contribution >= 4 is 5.97 Å². The van der Waals surface area contributed by atoms with Crippen molar-refractivity contribution < 1.29 is 22.7 Å². The van der Waals surface area contributed by atoms with Crippen molar-refractivity contribution in [3.05, 3.63) is 0 Å². The molecular weight excluding hydrogens is 185 g/mol. The largest absolute Gasteiger partial charge is 0.465 e. The number of ether oxygens (including phenoxy) is 1. The molecule has 0 aromatic heterocycles. The fraction of sp³-hybridized carbons (Fsp3) is 0.875. The van der Waals surface area contributed by atoms with Crippen LogP contribution in [0.15, 0.2) is 0 Å². The average molecular weight is 196 g/mol. The van der Waals surface area contributed by atoms with Crippen molar-refractivity contribution in [3.63, 3.8) is 0 Å². The number of cyclic esters (lactones) is 1. The first kappa shape index (κ1) is 10.3. The van der Waals surface area contributed by atoms with Crippen molar-refractivity contribution in [1.82, 2.24) is 0 Å². The van der Waals surface area contributed by atoms with E-state index in [9.17, 15) is 18.0 Å². The van der Waals surface area contributed by atoms with Gasteiger partial charge < -0.3 is 4.74 Å². The molecule has 1 aliphatic rings. The van der Waals surface area contributed by atoms with Gasteiger partial charge in [0.25, 0.3) is 0 Å². The van der Waals surface area contributed by atoms with Crippen molar-refractivity contribution in [3.8, 4) is 0 Å². The molecule has 5 heteroatoms. The lowest BCUT2D eigenvalue weighted by Gasteiger charge is -2.28. The van der Waals surface area contributed by atoms with E-state index < -0.39 is 23.5 Å². The minimum absolute atomic E-state index is 0.0930. The molecule has 0 aromatic carbocycles. The molecular formula is C8H11F3O2. The first-order valence-corrected chi connectivity index (χ1v) is 4.02. The molecule has 2 atom stereocenters. The molecule has 1 aliphatic heterocycles. The molecule has 0 aliphatic carbocycles. The van der Waals surface area contributed by atoms with Crippen molar-refractivity contribution in [2.75, 3.05) is 6.61 Å². The van der Waals surface area contributed by atoms with Crippen LogP contribution in [0.25, 0.3) is 0 Å². The zero-order valence-electron chi connectivity index (χ0n) is 7.44. The summed E-state index contributed by atoms with van der Waals surface area (Å²) in [5.41, 5.74) is -1.39. The highest BCUT2D eigenvalue weighted by molar-refractivity contribution is 5.78. The van der Waals surface area contributed by atoms with Crippen LogP contribution in [0.3, 0.4) is 0 Å². The van der Waals surface area contributed by atoms with Gasteiger partial charge in [0.1, 0.15) is 0 Å². The zero-order chi connectivity index (χ0) is 10.3. The summed E-state index contributed by atoms with van der Waals surface area (Å²) in [5.74, 6) is -2.38. The molecule has 1 rings (SSSR count). The molecule has 2 unspecified atom stereocenters. The van der Waals surface area contributed by atoms with Gasteiger partial charge in [0.15, 0.2) is 0 Å². The van der Waals surface area contributed by atoms with Crippen LogP contribution in [0.5, 0.6) is 0 Å². The monoisotopic (exact) mass is 196 g/mol. The second-order valence-corrected chi connectivity index (χ2v) is 3.57. The summed E-state index contributed by atoms with van der Waals surface area (Å²) in [6, 6.07) is 0. The second-order valence-electron chi connectivity index (χ2n) is 3.57. The Bertz CT molecular complexity index is 224. The van der Waals surface area contributed by atoms with E-state index in [0.29, 0.717) is 0 Å². The first-order valence-electron chi connectivity index (χ1n) is 4.02. The molecule has 0 N–H and O–H groups in total. The lowest BCUT2D eigenvalue weighted by molar-refractivity contribution is -0.202. The highest BCUT2D eigenvalue weighted by Crippen LogP contribution is 2.45. The second kappa shape index (κ2) is 2.89. The van der Waals surface area contributed by atoms with Crippen LogP contribution < -0.4 is 0 Å². The molecule has 13 heavy (non-hydrogen) atoms. The Morgan fingerprint density at radius 3 is 2.38 bits per heavy atom. The van der Waals surface area contributed by atoms with Gasteiger partial charge in [-0.25, -0.2) is 0 Å². The molecule has 76 valence electrons. The standard InChI is InChI=1S/C8H11F3O2/c1-5(8(9,10)11)7(2)3-4-13-6(7)12/h5H,3-4H2,1-2H3. The Morgan fingerprint density at radius 2 is 2.08 bits per heavy atom. The fourth-order valence-electron chi connectivity index (χ4n) is 1.38. The van der Waals surface area contributed by atoms with Crippen LogP contribution in [0.4, 0.5) is 13.2 Å². The van der Waals surface area contributed by atoms with Gasteiger partial charge in [-0.3, -0.25) is 4.79 Å². The summed E-state index contributed by atoms with van der Waals surface area (Å²) in [4.78, 5) is 11.1. The van der Waals surface area contributed by atoms with E-state index in [1.54, 1.807) is 0 Å². The highest BCUT2D eigenvalue weighted by Gasteiger charge is 2.55. The number of alkyl halides is 3. The third-order valence-electron chi connectivity index (χ3n) is 2.77. The molecule has 2 nitrogen and oxygen atoms in total. The van der Waals surface area contributed by atoms with Crippen molar-refractivity contribution in [2.45, 2.75) is 26.4 Å². The van der Waals surface area contributed by atoms with Gasteiger partial charge in [-0.1, -0.05) is 6.92 Å². The summed E-state index contributed by atoms with van der Waals surface area (Å²) in [6.45, 7) is 2.42. The van der Waals surface area contributed by atoms with Crippen LogP contribution >= 0.6 is 0 Å². The van der Waals surface area contributed by atoms with Gasteiger partial charge in [0.05, 0.1) is 17.9 Å². The molecule has 1 fully saturated rings. The Hall–Kier alpha value is -0.740. The molecule has 0 spiro atoms. The summed E-state index contributed by atoms with van der Waals surface area (Å²) < 4.78 is 41.5. The number of hydrogen-bond acceptors (Lipinski definition) is 2. The quantitative estimate of drug-likeness (QED) is 0.600. The predicted octanol–water partition coefficient (Wildman–Crippen LogP) is 2.14. The van der Waals surface area contributed by atoms with Gasteiger partial charge in [0.2, 0.25) is 0 Å². The van der Waals surface area contributed by atoms with E-state index >= 15 is 0 Å². The molecule has 1 saturated heterocycles. The van der Waals surface area contributed by atoms with E-state index in [1.165, 1.54) is 6.92 Å². The topological polar surface area (TPSA) is 26.3 Å². The van der Waals surface area contributed by atoms with Gasteiger partial charge >= 0.3 is 12.1 Å². The number of hydrogen-bond donors (Lipinski definition) is 0. The molecule has 0 amide bonds. The first-order chi connectivity index (χ1) is 5.78. The molecule has 0 radical (unpaired) electrons. The number of halogens is 3. The van der Waals surface area contributed by atoms with E-state index in [-0.39, 0.29) is 13.0 Å². The third kappa shape index (κ3) is 1.64. The molecule has 1 heterocycles. The number of carbonyl (C=O) groups excluding carboxylic acids is 1. The van der Waals surface area contributed by atoms with Crippen molar-refractivity contribution in [1.29, 1.82) is 0 Å². The van der Waals surface area contributed by atoms with Gasteiger partial charge in [-0.05, 0) is 13.3 Å². The van der Waals surface area contributed by atoms with E-state index in [1.807, 2.05) is 0 Å². The maximum Gasteiger partial charge on any atom is 0.392 e. The third-order valence-corrected chi connectivity index (χ3v) is 2.77.